The van der Waals surface area contributed by atoms with E-state index < -0.39 is 5.97 Å². The Labute approximate surface area is 87.4 Å². The van der Waals surface area contributed by atoms with E-state index in [1.807, 2.05) is 0 Å². The number of hydrogen-bond donors (Lipinski definition) is 2. The zero-order valence-corrected chi connectivity index (χ0v) is 8.09. The first kappa shape index (κ1) is 11.3. The quantitative estimate of drug-likeness (QED) is 0.713. The van der Waals surface area contributed by atoms with Crippen LogP contribution in [0.5, 0.6) is 5.75 Å². The fourth-order valence-electron chi connectivity index (χ4n) is 1.03. The molecule has 0 unspecified atom stereocenters. The van der Waals surface area contributed by atoms with Gasteiger partial charge in [-0.15, -0.1) is 0 Å². The third-order valence-electron chi connectivity index (χ3n) is 1.69. The van der Waals surface area contributed by atoms with Crippen LogP contribution in [-0.2, 0) is 11.4 Å². The van der Waals surface area contributed by atoms with Gasteiger partial charge in [0, 0.05) is 6.08 Å². The maximum absolute atomic E-state index is 10.1. The summed E-state index contributed by atoms with van der Waals surface area (Å²) < 4.78 is 5.24. The van der Waals surface area contributed by atoms with Gasteiger partial charge in [0.2, 0.25) is 0 Å². The second kappa shape index (κ2) is 5.82. The number of carboxylic acids is 1. The van der Waals surface area contributed by atoms with Crippen molar-refractivity contribution < 1.29 is 19.7 Å². The van der Waals surface area contributed by atoms with Gasteiger partial charge < -0.3 is 14.9 Å². The van der Waals surface area contributed by atoms with Crippen LogP contribution in [0.25, 0.3) is 0 Å². The predicted molar refractivity (Wildman–Crippen MR) is 54.6 cm³/mol. The van der Waals surface area contributed by atoms with E-state index in [0.717, 1.165) is 11.6 Å². The van der Waals surface area contributed by atoms with Gasteiger partial charge in [-0.05, 0) is 23.8 Å². The molecule has 0 aromatic heterocycles. The van der Waals surface area contributed by atoms with Gasteiger partial charge in [-0.2, -0.15) is 0 Å². The summed E-state index contributed by atoms with van der Waals surface area (Å²) in [5.41, 5.74) is 0.759. The van der Waals surface area contributed by atoms with E-state index >= 15 is 0 Å². The molecule has 0 heterocycles. The van der Waals surface area contributed by atoms with Crippen molar-refractivity contribution in [1.82, 2.24) is 0 Å². The van der Waals surface area contributed by atoms with Crippen molar-refractivity contribution in [1.29, 1.82) is 0 Å². The first-order chi connectivity index (χ1) is 7.22. The Kier molecular flexibility index (Phi) is 4.37. The van der Waals surface area contributed by atoms with Gasteiger partial charge in [-0.1, -0.05) is 12.1 Å². The minimum atomic E-state index is -0.997. The normalized spacial score (nSPS) is 10.5. The number of carboxylic acid groups (broad SMARTS) is 1. The van der Waals surface area contributed by atoms with E-state index in [1.165, 1.54) is 6.08 Å². The van der Waals surface area contributed by atoms with E-state index in [-0.39, 0.29) is 13.2 Å². The second-order valence-corrected chi connectivity index (χ2v) is 2.86. The number of benzene rings is 1. The lowest BCUT2D eigenvalue weighted by Crippen LogP contribution is -1.96. The van der Waals surface area contributed by atoms with E-state index in [2.05, 4.69) is 0 Å². The zero-order chi connectivity index (χ0) is 11.1. The maximum Gasteiger partial charge on any atom is 0.328 e. The van der Waals surface area contributed by atoms with Crippen LogP contribution in [0.15, 0.2) is 36.4 Å². The molecule has 0 atom stereocenters. The first-order valence-electron chi connectivity index (χ1n) is 4.44. The molecule has 1 rings (SSSR count). The van der Waals surface area contributed by atoms with E-state index in [1.54, 1.807) is 24.3 Å². The zero-order valence-electron chi connectivity index (χ0n) is 8.09. The molecule has 1 aromatic carbocycles. The molecular weight excluding hydrogens is 196 g/mol. The smallest absolute Gasteiger partial charge is 0.328 e. The summed E-state index contributed by atoms with van der Waals surface area (Å²) in [7, 11) is 0. The average molecular weight is 208 g/mol. The maximum atomic E-state index is 10.1. The lowest BCUT2D eigenvalue weighted by Gasteiger charge is -2.03. The summed E-state index contributed by atoms with van der Waals surface area (Å²) >= 11 is 0. The molecule has 4 heteroatoms. The van der Waals surface area contributed by atoms with Crippen molar-refractivity contribution in [3.8, 4) is 5.75 Å². The Hall–Kier alpha value is -1.81. The number of carbonyl (C=O) groups is 1. The molecule has 0 amide bonds. The summed E-state index contributed by atoms with van der Waals surface area (Å²) in [4.78, 5) is 10.1. The van der Waals surface area contributed by atoms with Crippen LogP contribution in [0.1, 0.15) is 5.56 Å². The summed E-state index contributed by atoms with van der Waals surface area (Å²) in [6.45, 7) is 0.156. The minimum absolute atomic E-state index is 0.0395. The monoisotopic (exact) mass is 208 g/mol. The third kappa shape index (κ3) is 4.28. The second-order valence-electron chi connectivity index (χ2n) is 2.86. The summed E-state index contributed by atoms with van der Waals surface area (Å²) in [6.07, 6.45) is 2.43. The Bertz CT molecular complexity index is 357. The number of hydrogen-bond acceptors (Lipinski definition) is 3. The largest absolute Gasteiger partial charge is 0.490 e. The van der Waals surface area contributed by atoms with Gasteiger partial charge >= 0.3 is 5.97 Å². The lowest BCUT2D eigenvalue weighted by atomic mass is 10.2. The summed E-state index contributed by atoms with van der Waals surface area (Å²) in [6, 6.07) is 6.99. The molecule has 0 aliphatic rings. The molecule has 4 nitrogen and oxygen atoms in total. The van der Waals surface area contributed by atoms with Crippen LogP contribution in [0.2, 0.25) is 0 Å². The Balaban J connectivity index is 2.47. The molecule has 0 saturated heterocycles. The summed E-state index contributed by atoms with van der Waals surface area (Å²) in [5.74, 6) is -0.390. The SMILES string of the molecule is O=C(O)C=CCOc1cccc(CO)c1. The van der Waals surface area contributed by atoms with Crippen LogP contribution in [0, 0.1) is 0 Å². The van der Waals surface area contributed by atoms with Crippen LogP contribution in [-0.4, -0.2) is 22.8 Å². The van der Waals surface area contributed by atoms with Crippen LogP contribution >= 0.6 is 0 Å². The fraction of sp³-hybridized carbons (Fsp3) is 0.182. The van der Waals surface area contributed by atoms with Crippen molar-refractivity contribution in [2.24, 2.45) is 0 Å². The van der Waals surface area contributed by atoms with Crippen molar-refractivity contribution in [3.63, 3.8) is 0 Å². The first-order valence-corrected chi connectivity index (χ1v) is 4.44. The highest BCUT2D eigenvalue weighted by atomic mass is 16.5. The van der Waals surface area contributed by atoms with Crippen LogP contribution in [0.3, 0.4) is 0 Å². The number of aliphatic carboxylic acids is 1. The third-order valence-corrected chi connectivity index (χ3v) is 1.69. The number of aliphatic hydroxyl groups excluding tert-OH is 1. The average Bonchev–Trinajstić information content (AvgIpc) is 2.24. The van der Waals surface area contributed by atoms with Crippen molar-refractivity contribution in [3.05, 3.63) is 42.0 Å². The number of rotatable bonds is 5. The van der Waals surface area contributed by atoms with Gasteiger partial charge in [0.1, 0.15) is 12.4 Å². The predicted octanol–water partition coefficient (Wildman–Crippen LogP) is 1.20. The van der Waals surface area contributed by atoms with Crippen molar-refractivity contribution in [2.45, 2.75) is 6.61 Å². The lowest BCUT2D eigenvalue weighted by molar-refractivity contribution is -0.131. The van der Waals surface area contributed by atoms with Gasteiger partial charge in [0.15, 0.2) is 0 Å². The Morgan fingerprint density at radius 2 is 2.27 bits per heavy atom. The van der Waals surface area contributed by atoms with E-state index in [9.17, 15) is 4.79 Å². The molecular formula is C11H12O4. The highest BCUT2D eigenvalue weighted by molar-refractivity contribution is 5.79. The van der Waals surface area contributed by atoms with Gasteiger partial charge in [0.25, 0.3) is 0 Å². The molecule has 0 aliphatic heterocycles. The van der Waals surface area contributed by atoms with E-state index in [4.69, 9.17) is 14.9 Å². The highest BCUT2D eigenvalue weighted by Gasteiger charge is 1.94. The van der Waals surface area contributed by atoms with Gasteiger partial charge in [-0.3, -0.25) is 0 Å². The molecule has 0 saturated carbocycles. The van der Waals surface area contributed by atoms with Gasteiger partial charge in [-0.25, -0.2) is 4.79 Å². The molecule has 15 heavy (non-hydrogen) atoms. The molecule has 0 radical (unpaired) electrons. The summed E-state index contributed by atoms with van der Waals surface area (Å²) in [5, 5.41) is 17.2. The molecule has 0 spiro atoms. The number of aliphatic hydroxyl groups is 1. The van der Waals surface area contributed by atoms with Crippen LogP contribution < -0.4 is 4.74 Å². The standard InChI is InChI=1S/C11H12O4/c12-8-9-3-1-4-10(7-9)15-6-2-5-11(13)14/h1-5,7,12H,6,8H2,(H,13,14). The van der Waals surface area contributed by atoms with Gasteiger partial charge in [0.05, 0.1) is 6.61 Å². The number of ether oxygens (including phenoxy) is 1. The molecule has 0 bridgehead atoms. The highest BCUT2D eigenvalue weighted by Crippen LogP contribution is 2.12. The van der Waals surface area contributed by atoms with Crippen LogP contribution in [0.4, 0.5) is 0 Å². The van der Waals surface area contributed by atoms with E-state index in [0.29, 0.717) is 5.75 Å². The molecule has 0 aliphatic carbocycles. The van der Waals surface area contributed by atoms with Crippen molar-refractivity contribution in [2.75, 3.05) is 6.61 Å². The Morgan fingerprint density at radius 3 is 2.93 bits per heavy atom. The minimum Gasteiger partial charge on any atom is -0.490 e. The molecule has 80 valence electrons. The Morgan fingerprint density at radius 1 is 1.47 bits per heavy atom. The topological polar surface area (TPSA) is 66.8 Å². The fourth-order valence-corrected chi connectivity index (χ4v) is 1.03. The molecule has 1 aromatic rings. The molecule has 2 N–H and O–H groups in total. The molecule has 0 fully saturated rings. The van der Waals surface area contributed by atoms with Crippen molar-refractivity contribution >= 4 is 5.97 Å².